The van der Waals surface area contributed by atoms with Crippen molar-refractivity contribution >= 4 is 30.5 Å². The molecule has 1 aliphatic rings. The molecule has 2 rings (SSSR count). The van der Waals surface area contributed by atoms with Crippen LogP contribution in [0.3, 0.4) is 0 Å². The Morgan fingerprint density at radius 2 is 1.67 bits per heavy atom. The number of hydrogen-bond donors (Lipinski definition) is 1. The van der Waals surface area contributed by atoms with Crippen LogP contribution in [0.25, 0.3) is 0 Å². The number of anilines is 1. The molecule has 0 bridgehead atoms. The molecule has 15 heavy (non-hydrogen) atoms. The van der Waals surface area contributed by atoms with E-state index in [4.69, 9.17) is 5.73 Å². The molecule has 1 saturated heterocycles. The molecular formula is C10H17Cl2N3. The monoisotopic (exact) mass is 249 g/mol. The summed E-state index contributed by atoms with van der Waals surface area (Å²) in [6, 6.07) is 4.51. The Morgan fingerprint density at radius 3 is 2.20 bits per heavy atom. The van der Waals surface area contributed by atoms with Crippen molar-refractivity contribution in [1.82, 2.24) is 4.98 Å². The van der Waals surface area contributed by atoms with Crippen molar-refractivity contribution < 1.29 is 0 Å². The second-order valence-corrected chi connectivity index (χ2v) is 3.53. The second-order valence-electron chi connectivity index (χ2n) is 3.53. The molecule has 0 aromatic carbocycles. The lowest BCUT2D eigenvalue weighted by Gasteiger charge is -2.31. The number of halogens is 2. The summed E-state index contributed by atoms with van der Waals surface area (Å²) in [7, 11) is 0. The summed E-state index contributed by atoms with van der Waals surface area (Å²) in [4.78, 5) is 6.37. The predicted molar refractivity (Wildman–Crippen MR) is 68.2 cm³/mol. The lowest BCUT2D eigenvalue weighted by Crippen LogP contribution is -2.39. The maximum atomic E-state index is 5.84. The molecule has 1 aliphatic heterocycles. The first-order chi connectivity index (χ1) is 6.36. The highest BCUT2D eigenvalue weighted by Gasteiger charge is 2.15. The van der Waals surface area contributed by atoms with Crippen LogP contribution in [0, 0.1) is 0 Å². The molecule has 0 atom stereocenters. The quantitative estimate of drug-likeness (QED) is 0.827. The van der Waals surface area contributed by atoms with Crippen LogP contribution >= 0.6 is 24.8 Å². The normalized spacial score (nSPS) is 16.5. The molecule has 86 valence electrons. The summed E-state index contributed by atoms with van der Waals surface area (Å²) in [5.41, 5.74) is 7.10. The van der Waals surface area contributed by atoms with Crippen LogP contribution in [0.1, 0.15) is 12.8 Å². The smallest absolute Gasteiger partial charge is 0.0397 e. The highest BCUT2D eigenvalue weighted by molar-refractivity contribution is 5.85. The average Bonchev–Trinajstić information content (AvgIpc) is 2.20. The Bertz CT molecular complexity index is 261. The van der Waals surface area contributed by atoms with Gasteiger partial charge in [0, 0.05) is 37.2 Å². The van der Waals surface area contributed by atoms with Gasteiger partial charge in [0.15, 0.2) is 0 Å². The van der Waals surface area contributed by atoms with Crippen molar-refractivity contribution in [3.8, 4) is 0 Å². The van der Waals surface area contributed by atoms with Gasteiger partial charge in [-0.2, -0.15) is 0 Å². The second kappa shape index (κ2) is 6.88. The van der Waals surface area contributed by atoms with Crippen LogP contribution < -0.4 is 10.6 Å². The Hall–Kier alpha value is -0.510. The largest absolute Gasteiger partial charge is 0.371 e. The van der Waals surface area contributed by atoms with Gasteiger partial charge in [0.05, 0.1) is 0 Å². The van der Waals surface area contributed by atoms with E-state index in [0.29, 0.717) is 6.04 Å². The topological polar surface area (TPSA) is 42.1 Å². The van der Waals surface area contributed by atoms with E-state index < -0.39 is 0 Å². The molecule has 1 aromatic heterocycles. The van der Waals surface area contributed by atoms with Gasteiger partial charge in [-0.1, -0.05) is 0 Å². The van der Waals surface area contributed by atoms with Crippen molar-refractivity contribution in [1.29, 1.82) is 0 Å². The third kappa shape index (κ3) is 3.86. The number of pyridine rings is 1. The minimum absolute atomic E-state index is 0. The first-order valence-electron chi connectivity index (χ1n) is 4.77. The molecule has 2 heterocycles. The average molecular weight is 250 g/mol. The predicted octanol–water partition coefficient (Wildman–Crippen LogP) is 1.85. The molecule has 2 N–H and O–H groups in total. The first kappa shape index (κ1) is 14.5. The fourth-order valence-electron chi connectivity index (χ4n) is 1.71. The zero-order chi connectivity index (χ0) is 9.10. The maximum absolute atomic E-state index is 5.84. The summed E-state index contributed by atoms with van der Waals surface area (Å²) >= 11 is 0. The molecule has 0 amide bonds. The van der Waals surface area contributed by atoms with Gasteiger partial charge in [0.2, 0.25) is 0 Å². The maximum Gasteiger partial charge on any atom is 0.0397 e. The molecule has 3 nitrogen and oxygen atoms in total. The Balaban J connectivity index is 0.000000980. The Labute approximate surface area is 103 Å². The van der Waals surface area contributed by atoms with E-state index in [0.717, 1.165) is 25.9 Å². The number of aromatic nitrogens is 1. The molecule has 0 unspecified atom stereocenters. The molecular weight excluding hydrogens is 233 g/mol. The Morgan fingerprint density at radius 1 is 1.13 bits per heavy atom. The number of rotatable bonds is 1. The van der Waals surface area contributed by atoms with Crippen molar-refractivity contribution in [3.63, 3.8) is 0 Å². The molecule has 0 saturated carbocycles. The zero-order valence-corrected chi connectivity index (χ0v) is 10.1. The Kier molecular flexibility index (Phi) is 6.65. The van der Waals surface area contributed by atoms with Crippen molar-refractivity contribution in [2.24, 2.45) is 5.73 Å². The van der Waals surface area contributed by atoms with E-state index in [1.807, 2.05) is 12.4 Å². The molecule has 0 spiro atoms. The highest BCUT2D eigenvalue weighted by atomic mass is 35.5. The lowest BCUT2D eigenvalue weighted by molar-refractivity contribution is 0.501. The molecule has 1 aromatic rings. The van der Waals surface area contributed by atoms with Gasteiger partial charge in [0.1, 0.15) is 0 Å². The van der Waals surface area contributed by atoms with Crippen molar-refractivity contribution in [2.45, 2.75) is 18.9 Å². The number of piperidine rings is 1. The van der Waals surface area contributed by atoms with E-state index in [1.165, 1.54) is 5.69 Å². The highest BCUT2D eigenvalue weighted by Crippen LogP contribution is 2.17. The SMILES string of the molecule is Cl.Cl.NC1CCN(c2ccncc2)CC1. The zero-order valence-electron chi connectivity index (χ0n) is 8.50. The van der Waals surface area contributed by atoms with E-state index in [-0.39, 0.29) is 24.8 Å². The van der Waals surface area contributed by atoms with Crippen LogP contribution in [0.5, 0.6) is 0 Å². The number of hydrogen-bond acceptors (Lipinski definition) is 3. The third-order valence-corrected chi connectivity index (χ3v) is 2.57. The minimum atomic E-state index is 0. The van der Waals surface area contributed by atoms with Gasteiger partial charge in [-0.15, -0.1) is 24.8 Å². The number of nitrogens with two attached hydrogens (primary N) is 1. The van der Waals surface area contributed by atoms with Crippen molar-refractivity contribution in [2.75, 3.05) is 18.0 Å². The summed E-state index contributed by atoms with van der Waals surface area (Å²) in [5, 5.41) is 0. The summed E-state index contributed by atoms with van der Waals surface area (Å²) in [6.45, 7) is 2.15. The fourth-order valence-corrected chi connectivity index (χ4v) is 1.71. The van der Waals surface area contributed by atoms with Crippen LogP contribution in [0.15, 0.2) is 24.5 Å². The van der Waals surface area contributed by atoms with E-state index in [1.54, 1.807) is 0 Å². The minimum Gasteiger partial charge on any atom is -0.371 e. The van der Waals surface area contributed by atoms with E-state index in [2.05, 4.69) is 22.0 Å². The summed E-state index contributed by atoms with van der Waals surface area (Å²) < 4.78 is 0. The number of nitrogens with zero attached hydrogens (tertiary/aromatic N) is 2. The molecule has 0 radical (unpaired) electrons. The van der Waals surface area contributed by atoms with E-state index >= 15 is 0 Å². The van der Waals surface area contributed by atoms with Gasteiger partial charge in [-0.3, -0.25) is 4.98 Å². The lowest BCUT2D eigenvalue weighted by atomic mass is 10.1. The van der Waals surface area contributed by atoms with Gasteiger partial charge >= 0.3 is 0 Å². The fraction of sp³-hybridized carbons (Fsp3) is 0.500. The first-order valence-corrected chi connectivity index (χ1v) is 4.77. The third-order valence-electron chi connectivity index (χ3n) is 2.57. The molecule has 5 heteroatoms. The summed E-state index contributed by atoms with van der Waals surface area (Å²) in [5.74, 6) is 0. The van der Waals surface area contributed by atoms with Crippen LogP contribution in [0.4, 0.5) is 5.69 Å². The van der Waals surface area contributed by atoms with Crippen LogP contribution in [-0.4, -0.2) is 24.1 Å². The van der Waals surface area contributed by atoms with Gasteiger partial charge in [-0.25, -0.2) is 0 Å². The van der Waals surface area contributed by atoms with Gasteiger partial charge in [0.25, 0.3) is 0 Å². The van der Waals surface area contributed by atoms with Gasteiger partial charge in [-0.05, 0) is 25.0 Å². The standard InChI is InChI=1S/C10H15N3.2ClH/c11-9-3-7-13(8-4-9)10-1-5-12-6-2-10;;/h1-2,5-6,9H,3-4,7-8,11H2;2*1H. The van der Waals surface area contributed by atoms with Crippen LogP contribution in [-0.2, 0) is 0 Å². The van der Waals surface area contributed by atoms with Gasteiger partial charge < -0.3 is 10.6 Å². The van der Waals surface area contributed by atoms with Crippen molar-refractivity contribution in [3.05, 3.63) is 24.5 Å². The van der Waals surface area contributed by atoms with E-state index in [9.17, 15) is 0 Å². The molecule has 1 fully saturated rings. The summed E-state index contributed by atoms with van der Waals surface area (Å²) in [6.07, 6.45) is 5.87. The van der Waals surface area contributed by atoms with Crippen LogP contribution in [0.2, 0.25) is 0 Å². The molecule has 0 aliphatic carbocycles.